The SMILES string of the molecule is CCCNc1nccc(N2CCC(C)C(C)C2)n1. The molecule has 1 aliphatic rings. The quantitative estimate of drug-likeness (QED) is 0.889. The Labute approximate surface area is 110 Å². The van der Waals surface area contributed by atoms with E-state index in [2.05, 4.69) is 41.0 Å². The Morgan fingerprint density at radius 2 is 2.22 bits per heavy atom. The Balaban J connectivity index is 2.04. The normalized spacial score (nSPS) is 24.1. The highest BCUT2D eigenvalue weighted by molar-refractivity contribution is 5.42. The van der Waals surface area contributed by atoms with Gasteiger partial charge in [-0.25, -0.2) is 4.98 Å². The summed E-state index contributed by atoms with van der Waals surface area (Å²) >= 11 is 0. The summed E-state index contributed by atoms with van der Waals surface area (Å²) in [4.78, 5) is 11.2. The lowest BCUT2D eigenvalue weighted by Crippen LogP contribution is -2.38. The Bertz CT molecular complexity index is 380. The lowest BCUT2D eigenvalue weighted by atomic mass is 9.89. The van der Waals surface area contributed by atoms with Crippen molar-refractivity contribution in [3.63, 3.8) is 0 Å². The van der Waals surface area contributed by atoms with Gasteiger partial charge in [-0.05, 0) is 30.7 Å². The van der Waals surface area contributed by atoms with Gasteiger partial charge < -0.3 is 10.2 Å². The van der Waals surface area contributed by atoms with Crippen LogP contribution in [0.1, 0.15) is 33.6 Å². The van der Waals surface area contributed by atoms with Crippen molar-refractivity contribution in [3.8, 4) is 0 Å². The van der Waals surface area contributed by atoms with Crippen LogP contribution in [0.5, 0.6) is 0 Å². The lowest BCUT2D eigenvalue weighted by Gasteiger charge is -2.36. The maximum absolute atomic E-state index is 4.60. The molecule has 1 aromatic rings. The van der Waals surface area contributed by atoms with Gasteiger partial charge in [-0.3, -0.25) is 0 Å². The highest BCUT2D eigenvalue weighted by Crippen LogP contribution is 2.25. The summed E-state index contributed by atoms with van der Waals surface area (Å²) in [6.45, 7) is 9.95. The first-order chi connectivity index (χ1) is 8.70. The summed E-state index contributed by atoms with van der Waals surface area (Å²) in [6, 6.07) is 2.01. The molecule has 2 atom stereocenters. The zero-order chi connectivity index (χ0) is 13.0. The van der Waals surface area contributed by atoms with Gasteiger partial charge in [-0.2, -0.15) is 4.98 Å². The van der Waals surface area contributed by atoms with Crippen molar-refractivity contribution in [1.82, 2.24) is 9.97 Å². The summed E-state index contributed by atoms with van der Waals surface area (Å²) < 4.78 is 0. The van der Waals surface area contributed by atoms with Crippen LogP contribution in [0.15, 0.2) is 12.3 Å². The third kappa shape index (κ3) is 3.12. The van der Waals surface area contributed by atoms with E-state index in [1.807, 2.05) is 12.3 Å². The fourth-order valence-corrected chi connectivity index (χ4v) is 2.32. The van der Waals surface area contributed by atoms with E-state index in [9.17, 15) is 0 Å². The van der Waals surface area contributed by atoms with Crippen LogP contribution in [0.3, 0.4) is 0 Å². The Morgan fingerprint density at radius 1 is 1.39 bits per heavy atom. The van der Waals surface area contributed by atoms with Gasteiger partial charge in [0, 0.05) is 25.8 Å². The van der Waals surface area contributed by atoms with E-state index in [0.717, 1.165) is 49.7 Å². The molecule has 1 saturated heterocycles. The molecule has 0 radical (unpaired) electrons. The number of anilines is 2. The molecule has 0 saturated carbocycles. The number of piperidine rings is 1. The maximum Gasteiger partial charge on any atom is 0.224 e. The molecule has 0 amide bonds. The van der Waals surface area contributed by atoms with Gasteiger partial charge in [-0.15, -0.1) is 0 Å². The minimum absolute atomic E-state index is 0.737. The van der Waals surface area contributed by atoms with Crippen molar-refractivity contribution in [2.24, 2.45) is 11.8 Å². The standard InChI is InChI=1S/C14H24N4/c1-4-7-15-14-16-8-5-13(17-14)18-9-6-11(2)12(3)10-18/h5,8,11-12H,4,6-7,9-10H2,1-3H3,(H,15,16,17). The van der Waals surface area contributed by atoms with E-state index in [-0.39, 0.29) is 0 Å². The van der Waals surface area contributed by atoms with Crippen molar-refractivity contribution in [3.05, 3.63) is 12.3 Å². The predicted octanol–water partition coefficient (Wildman–Crippen LogP) is 2.78. The molecule has 0 aromatic carbocycles. The van der Waals surface area contributed by atoms with Crippen molar-refractivity contribution in [1.29, 1.82) is 0 Å². The molecule has 4 nitrogen and oxygen atoms in total. The highest BCUT2D eigenvalue weighted by Gasteiger charge is 2.23. The molecule has 1 N–H and O–H groups in total. The number of nitrogens with one attached hydrogen (secondary N) is 1. The molecule has 1 aromatic heterocycles. The minimum Gasteiger partial charge on any atom is -0.356 e. The summed E-state index contributed by atoms with van der Waals surface area (Å²) in [5, 5.41) is 3.24. The van der Waals surface area contributed by atoms with Gasteiger partial charge in [-0.1, -0.05) is 20.8 Å². The van der Waals surface area contributed by atoms with Crippen LogP contribution in [0.2, 0.25) is 0 Å². The molecular weight excluding hydrogens is 224 g/mol. The maximum atomic E-state index is 4.60. The minimum atomic E-state index is 0.737. The van der Waals surface area contributed by atoms with E-state index >= 15 is 0 Å². The molecule has 18 heavy (non-hydrogen) atoms. The Kier molecular flexibility index (Phi) is 4.39. The second-order valence-electron chi connectivity index (χ2n) is 5.35. The average Bonchev–Trinajstić information content (AvgIpc) is 2.40. The van der Waals surface area contributed by atoms with Crippen LogP contribution >= 0.6 is 0 Å². The first kappa shape index (κ1) is 13.1. The first-order valence-corrected chi connectivity index (χ1v) is 7.02. The second-order valence-corrected chi connectivity index (χ2v) is 5.35. The molecule has 1 fully saturated rings. The largest absolute Gasteiger partial charge is 0.356 e. The van der Waals surface area contributed by atoms with E-state index in [1.165, 1.54) is 6.42 Å². The van der Waals surface area contributed by atoms with E-state index in [4.69, 9.17) is 0 Å². The highest BCUT2D eigenvalue weighted by atomic mass is 15.2. The Hall–Kier alpha value is -1.32. The van der Waals surface area contributed by atoms with Gasteiger partial charge in [0.25, 0.3) is 0 Å². The van der Waals surface area contributed by atoms with E-state index in [1.54, 1.807) is 0 Å². The van der Waals surface area contributed by atoms with Crippen molar-refractivity contribution in [2.45, 2.75) is 33.6 Å². The average molecular weight is 248 g/mol. The zero-order valence-electron chi connectivity index (χ0n) is 11.7. The van der Waals surface area contributed by atoms with Crippen molar-refractivity contribution < 1.29 is 0 Å². The first-order valence-electron chi connectivity index (χ1n) is 7.02. The summed E-state index contributed by atoms with van der Waals surface area (Å²) in [6.07, 6.45) is 4.19. The molecule has 2 rings (SSSR count). The summed E-state index contributed by atoms with van der Waals surface area (Å²) in [5.74, 6) is 3.37. The molecule has 4 heteroatoms. The van der Waals surface area contributed by atoms with E-state index in [0.29, 0.717) is 0 Å². The van der Waals surface area contributed by atoms with Crippen LogP contribution in [0, 0.1) is 11.8 Å². The third-order valence-electron chi connectivity index (χ3n) is 3.83. The zero-order valence-corrected chi connectivity index (χ0v) is 11.7. The fraction of sp³-hybridized carbons (Fsp3) is 0.714. The molecular formula is C14H24N4. The van der Waals surface area contributed by atoms with Crippen LogP contribution in [-0.4, -0.2) is 29.6 Å². The third-order valence-corrected chi connectivity index (χ3v) is 3.83. The summed E-state index contributed by atoms with van der Waals surface area (Å²) in [7, 11) is 0. The van der Waals surface area contributed by atoms with Crippen LogP contribution < -0.4 is 10.2 Å². The smallest absolute Gasteiger partial charge is 0.224 e. The van der Waals surface area contributed by atoms with Gasteiger partial charge in [0.1, 0.15) is 5.82 Å². The second kappa shape index (κ2) is 6.03. The monoisotopic (exact) mass is 248 g/mol. The summed E-state index contributed by atoms with van der Waals surface area (Å²) in [5.41, 5.74) is 0. The van der Waals surface area contributed by atoms with Crippen molar-refractivity contribution >= 4 is 11.8 Å². The predicted molar refractivity (Wildman–Crippen MR) is 76.0 cm³/mol. The molecule has 2 unspecified atom stereocenters. The molecule has 0 spiro atoms. The fourth-order valence-electron chi connectivity index (χ4n) is 2.32. The van der Waals surface area contributed by atoms with Gasteiger partial charge >= 0.3 is 0 Å². The van der Waals surface area contributed by atoms with Crippen LogP contribution in [0.4, 0.5) is 11.8 Å². The molecule has 1 aliphatic heterocycles. The van der Waals surface area contributed by atoms with E-state index < -0.39 is 0 Å². The number of aromatic nitrogens is 2. The number of nitrogens with zero attached hydrogens (tertiary/aromatic N) is 3. The van der Waals surface area contributed by atoms with Gasteiger partial charge in [0.15, 0.2) is 0 Å². The number of rotatable bonds is 4. The van der Waals surface area contributed by atoms with Crippen molar-refractivity contribution in [2.75, 3.05) is 29.9 Å². The molecule has 2 heterocycles. The Morgan fingerprint density at radius 3 is 2.94 bits per heavy atom. The molecule has 100 valence electrons. The number of hydrogen-bond donors (Lipinski definition) is 1. The number of hydrogen-bond acceptors (Lipinski definition) is 4. The lowest BCUT2D eigenvalue weighted by molar-refractivity contribution is 0.323. The molecule has 0 aliphatic carbocycles. The van der Waals surface area contributed by atoms with Gasteiger partial charge in [0.2, 0.25) is 5.95 Å². The van der Waals surface area contributed by atoms with Crippen LogP contribution in [-0.2, 0) is 0 Å². The topological polar surface area (TPSA) is 41.1 Å². The van der Waals surface area contributed by atoms with Gasteiger partial charge in [0.05, 0.1) is 0 Å². The van der Waals surface area contributed by atoms with Crippen LogP contribution in [0.25, 0.3) is 0 Å². The molecule has 0 bridgehead atoms.